The molecule has 1 fully saturated rings. The maximum absolute atomic E-state index is 12.2. The second-order valence-corrected chi connectivity index (χ2v) is 5.54. The van der Waals surface area contributed by atoms with E-state index in [4.69, 9.17) is 9.47 Å². The van der Waals surface area contributed by atoms with Gasteiger partial charge in [-0.1, -0.05) is 0 Å². The van der Waals surface area contributed by atoms with Crippen LogP contribution in [0.3, 0.4) is 0 Å². The minimum Gasteiger partial charge on any atom is -0.383 e. The highest BCUT2D eigenvalue weighted by Crippen LogP contribution is 2.21. The van der Waals surface area contributed by atoms with Crippen LogP contribution in [0.15, 0.2) is 15.8 Å². The van der Waals surface area contributed by atoms with E-state index in [0.717, 1.165) is 17.5 Å². The number of aryl methyl sites for hydroxylation is 1. The van der Waals surface area contributed by atoms with E-state index in [0.29, 0.717) is 18.7 Å². The molecule has 7 heteroatoms. The lowest BCUT2D eigenvalue weighted by Crippen LogP contribution is -2.41. The van der Waals surface area contributed by atoms with Gasteiger partial charge in [-0.05, 0) is 6.42 Å². The van der Waals surface area contributed by atoms with Crippen LogP contribution in [0.25, 0.3) is 0 Å². The van der Waals surface area contributed by atoms with Gasteiger partial charge in [0.05, 0.1) is 12.7 Å². The molecule has 1 aromatic rings. The van der Waals surface area contributed by atoms with Crippen molar-refractivity contribution in [1.29, 1.82) is 0 Å². The molecule has 0 saturated carbocycles. The van der Waals surface area contributed by atoms with Crippen LogP contribution in [0.2, 0.25) is 0 Å². The predicted molar refractivity (Wildman–Crippen MR) is 78.4 cm³/mol. The standard InChI is InChI=1S/C14H23N3O4/c1-15-6-10(13(18)16(2)14(15)19)7-17-8-12(21-4)5-11(17)9-20-3/h6,11-12H,5,7-9H2,1-4H3/t11-,12-/m0/s1. The molecule has 0 bridgehead atoms. The zero-order valence-corrected chi connectivity index (χ0v) is 13.0. The first-order valence-electron chi connectivity index (χ1n) is 6.99. The molecule has 2 atom stereocenters. The zero-order chi connectivity index (χ0) is 15.6. The van der Waals surface area contributed by atoms with Crippen LogP contribution < -0.4 is 11.2 Å². The Morgan fingerprint density at radius 1 is 1.29 bits per heavy atom. The molecular weight excluding hydrogens is 274 g/mol. The summed E-state index contributed by atoms with van der Waals surface area (Å²) in [6, 6.07) is 0.224. The summed E-state index contributed by atoms with van der Waals surface area (Å²) < 4.78 is 13.2. The number of rotatable bonds is 5. The molecule has 1 aliphatic heterocycles. The Labute approximate surface area is 123 Å². The monoisotopic (exact) mass is 297 g/mol. The molecular formula is C14H23N3O4. The molecule has 0 aromatic carbocycles. The van der Waals surface area contributed by atoms with Crippen LogP contribution in [0.1, 0.15) is 12.0 Å². The Bertz CT molecular complexity index is 607. The van der Waals surface area contributed by atoms with Crippen LogP contribution in [0, 0.1) is 0 Å². The van der Waals surface area contributed by atoms with Gasteiger partial charge in [0.15, 0.2) is 0 Å². The van der Waals surface area contributed by atoms with E-state index in [1.54, 1.807) is 27.5 Å². The Morgan fingerprint density at radius 3 is 2.62 bits per heavy atom. The van der Waals surface area contributed by atoms with Gasteiger partial charge in [0.25, 0.3) is 5.56 Å². The quantitative estimate of drug-likeness (QED) is 0.720. The summed E-state index contributed by atoms with van der Waals surface area (Å²) in [5.41, 5.74) is 0.0565. The van der Waals surface area contributed by atoms with Gasteiger partial charge >= 0.3 is 5.69 Å². The van der Waals surface area contributed by atoms with E-state index in [-0.39, 0.29) is 23.4 Å². The summed E-state index contributed by atoms with van der Waals surface area (Å²) in [7, 11) is 6.52. The number of likely N-dealkylation sites (tertiary alicyclic amines) is 1. The van der Waals surface area contributed by atoms with Crippen molar-refractivity contribution >= 4 is 0 Å². The Morgan fingerprint density at radius 2 is 2.00 bits per heavy atom. The van der Waals surface area contributed by atoms with Crippen LogP contribution in [0.5, 0.6) is 0 Å². The molecule has 0 aliphatic carbocycles. The number of nitrogens with zero attached hydrogens (tertiary/aromatic N) is 3. The molecule has 0 N–H and O–H groups in total. The molecule has 1 aromatic heterocycles. The van der Waals surface area contributed by atoms with Crippen molar-refractivity contribution in [1.82, 2.24) is 14.0 Å². The number of methoxy groups -OCH3 is 2. The van der Waals surface area contributed by atoms with Crippen LogP contribution >= 0.6 is 0 Å². The molecule has 2 rings (SSSR count). The van der Waals surface area contributed by atoms with Gasteiger partial charge in [0, 0.05) is 59.2 Å². The normalized spacial score (nSPS) is 22.9. The van der Waals surface area contributed by atoms with Crippen LogP contribution in [-0.4, -0.2) is 53.6 Å². The molecule has 1 aliphatic rings. The van der Waals surface area contributed by atoms with Crippen LogP contribution in [0.4, 0.5) is 0 Å². The fraction of sp³-hybridized carbons (Fsp3) is 0.714. The van der Waals surface area contributed by atoms with Crippen molar-refractivity contribution in [3.63, 3.8) is 0 Å². The Balaban J connectivity index is 2.24. The fourth-order valence-electron chi connectivity index (χ4n) is 2.88. The first kappa shape index (κ1) is 15.9. The topological polar surface area (TPSA) is 65.7 Å². The second-order valence-electron chi connectivity index (χ2n) is 5.54. The molecule has 0 spiro atoms. The maximum Gasteiger partial charge on any atom is 0.330 e. The van der Waals surface area contributed by atoms with Crippen LogP contribution in [-0.2, 0) is 30.1 Å². The van der Waals surface area contributed by atoms with Gasteiger partial charge in [0.2, 0.25) is 0 Å². The molecule has 1 saturated heterocycles. The summed E-state index contributed by atoms with van der Waals surface area (Å²) in [6.45, 7) is 1.86. The summed E-state index contributed by atoms with van der Waals surface area (Å²) in [5.74, 6) is 0. The van der Waals surface area contributed by atoms with E-state index >= 15 is 0 Å². The first-order valence-corrected chi connectivity index (χ1v) is 6.99. The summed E-state index contributed by atoms with van der Waals surface area (Å²) in [4.78, 5) is 26.1. The van der Waals surface area contributed by atoms with E-state index in [2.05, 4.69) is 4.90 Å². The van der Waals surface area contributed by atoms with Gasteiger partial charge in [-0.2, -0.15) is 0 Å². The van der Waals surface area contributed by atoms with Crippen molar-refractivity contribution in [2.24, 2.45) is 14.1 Å². The predicted octanol–water partition coefficient (Wildman–Crippen LogP) is -0.680. The van der Waals surface area contributed by atoms with Crippen molar-refractivity contribution in [2.45, 2.75) is 25.1 Å². The maximum atomic E-state index is 12.2. The Hall–Kier alpha value is -1.44. The Kier molecular flexibility index (Phi) is 4.97. The van der Waals surface area contributed by atoms with Gasteiger partial charge in [-0.15, -0.1) is 0 Å². The molecule has 2 heterocycles. The lowest BCUT2D eigenvalue weighted by atomic mass is 10.2. The largest absolute Gasteiger partial charge is 0.383 e. The summed E-state index contributed by atoms with van der Waals surface area (Å²) in [6.07, 6.45) is 2.66. The minimum atomic E-state index is -0.312. The number of hydrogen-bond donors (Lipinski definition) is 0. The first-order chi connectivity index (χ1) is 9.97. The molecule has 0 unspecified atom stereocenters. The highest BCUT2D eigenvalue weighted by molar-refractivity contribution is 5.07. The SMILES string of the molecule is COC[C@@H]1C[C@H](OC)CN1Cc1cn(C)c(=O)n(C)c1=O. The molecule has 118 valence electrons. The van der Waals surface area contributed by atoms with Gasteiger partial charge in [-0.3, -0.25) is 14.3 Å². The lowest BCUT2D eigenvalue weighted by molar-refractivity contribution is 0.105. The molecule has 7 nitrogen and oxygen atoms in total. The average molecular weight is 297 g/mol. The van der Waals surface area contributed by atoms with Crippen molar-refractivity contribution in [3.05, 3.63) is 32.6 Å². The zero-order valence-electron chi connectivity index (χ0n) is 13.0. The van der Waals surface area contributed by atoms with Gasteiger partial charge in [-0.25, -0.2) is 4.79 Å². The minimum absolute atomic E-state index is 0.154. The fourth-order valence-corrected chi connectivity index (χ4v) is 2.88. The smallest absolute Gasteiger partial charge is 0.330 e. The van der Waals surface area contributed by atoms with Crippen molar-refractivity contribution in [3.8, 4) is 0 Å². The average Bonchev–Trinajstić information content (AvgIpc) is 2.85. The van der Waals surface area contributed by atoms with E-state index in [9.17, 15) is 9.59 Å². The van der Waals surface area contributed by atoms with Crippen molar-refractivity contribution < 1.29 is 9.47 Å². The molecule has 21 heavy (non-hydrogen) atoms. The van der Waals surface area contributed by atoms with Crippen molar-refractivity contribution in [2.75, 3.05) is 27.4 Å². The third-order valence-electron chi connectivity index (χ3n) is 4.07. The second kappa shape index (κ2) is 6.55. The number of ether oxygens (including phenoxy) is 2. The lowest BCUT2D eigenvalue weighted by Gasteiger charge is -2.23. The number of aromatic nitrogens is 2. The highest BCUT2D eigenvalue weighted by atomic mass is 16.5. The van der Waals surface area contributed by atoms with Gasteiger partial charge in [0.1, 0.15) is 0 Å². The number of hydrogen-bond acceptors (Lipinski definition) is 5. The summed E-state index contributed by atoms with van der Waals surface area (Å²) >= 11 is 0. The third-order valence-corrected chi connectivity index (χ3v) is 4.07. The molecule has 0 amide bonds. The van der Waals surface area contributed by atoms with Gasteiger partial charge < -0.3 is 14.0 Å². The highest BCUT2D eigenvalue weighted by Gasteiger charge is 2.32. The van der Waals surface area contributed by atoms with E-state index in [1.807, 2.05) is 0 Å². The van der Waals surface area contributed by atoms with E-state index < -0.39 is 0 Å². The summed E-state index contributed by atoms with van der Waals surface area (Å²) in [5, 5.41) is 0. The van der Waals surface area contributed by atoms with E-state index in [1.165, 1.54) is 11.6 Å². The third kappa shape index (κ3) is 3.25. The molecule has 0 radical (unpaired) electrons.